The van der Waals surface area contributed by atoms with Crippen LogP contribution in [0.25, 0.3) is 0 Å². The summed E-state index contributed by atoms with van der Waals surface area (Å²) in [6, 6.07) is 4.55. The summed E-state index contributed by atoms with van der Waals surface area (Å²) in [7, 11) is 0. The van der Waals surface area contributed by atoms with Gasteiger partial charge in [-0.25, -0.2) is 0 Å². The van der Waals surface area contributed by atoms with E-state index in [9.17, 15) is 5.11 Å². The highest BCUT2D eigenvalue weighted by Gasteiger charge is 2.23. The van der Waals surface area contributed by atoms with Crippen LogP contribution in [0.2, 0.25) is 0 Å². The first-order valence-electron chi connectivity index (χ1n) is 7.10. The predicted molar refractivity (Wildman–Crippen MR) is 75.5 cm³/mol. The van der Waals surface area contributed by atoms with Crippen molar-refractivity contribution in [2.24, 2.45) is 5.92 Å². The maximum atomic E-state index is 9.87. The Morgan fingerprint density at radius 2 is 1.78 bits per heavy atom. The third-order valence-electron chi connectivity index (χ3n) is 3.81. The summed E-state index contributed by atoms with van der Waals surface area (Å²) in [5, 5.41) is 9.87. The second-order valence-electron chi connectivity index (χ2n) is 6.03. The molecule has 2 rings (SSSR count). The van der Waals surface area contributed by atoms with Crippen molar-refractivity contribution in [3.8, 4) is 0 Å². The van der Waals surface area contributed by atoms with Crippen LogP contribution in [0, 0.1) is 5.92 Å². The van der Waals surface area contributed by atoms with Gasteiger partial charge in [0.25, 0.3) is 0 Å². The van der Waals surface area contributed by atoms with Gasteiger partial charge < -0.3 is 9.67 Å². The standard InChI is InChI=1S/C16H25NO/c1-16(2,18)11-10-15(17-12-6-7-13-17)14-8-4-3-5-9-14/h6-7,10-15,18H,3-5,8-9H2,1-2H3/b11-10+/t15-/m1/s1. The van der Waals surface area contributed by atoms with Crippen molar-refractivity contribution in [1.29, 1.82) is 0 Å². The molecule has 0 saturated heterocycles. The molecule has 0 spiro atoms. The molecule has 1 N–H and O–H groups in total. The molecule has 1 heterocycles. The number of aromatic nitrogens is 1. The van der Waals surface area contributed by atoms with Crippen LogP contribution in [0.4, 0.5) is 0 Å². The smallest absolute Gasteiger partial charge is 0.0772 e. The van der Waals surface area contributed by atoms with E-state index < -0.39 is 5.60 Å². The highest BCUT2D eigenvalue weighted by Crippen LogP contribution is 2.34. The van der Waals surface area contributed by atoms with E-state index >= 15 is 0 Å². The second-order valence-corrected chi connectivity index (χ2v) is 6.03. The molecule has 100 valence electrons. The molecule has 1 aliphatic carbocycles. The first kappa shape index (κ1) is 13.4. The zero-order valence-electron chi connectivity index (χ0n) is 11.5. The SMILES string of the molecule is CC(C)(O)/C=C/[C@H](C1CCCCC1)n1cccc1. The highest BCUT2D eigenvalue weighted by molar-refractivity contribution is 5.06. The Labute approximate surface area is 110 Å². The van der Waals surface area contributed by atoms with Gasteiger partial charge in [-0.15, -0.1) is 0 Å². The molecular weight excluding hydrogens is 222 g/mol. The van der Waals surface area contributed by atoms with E-state index in [0.29, 0.717) is 12.0 Å². The fourth-order valence-corrected chi connectivity index (χ4v) is 2.86. The van der Waals surface area contributed by atoms with E-state index in [1.54, 1.807) is 0 Å². The van der Waals surface area contributed by atoms with Gasteiger partial charge in [0.05, 0.1) is 11.6 Å². The van der Waals surface area contributed by atoms with Crippen LogP contribution in [0.3, 0.4) is 0 Å². The quantitative estimate of drug-likeness (QED) is 0.801. The van der Waals surface area contributed by atoms with Gasteiger partial charge in [0.1, 0.15) is 0 Å². The first-order chi connectivity index (χ1) is 8.56. The summed E-state index contributed by atoms with van der Waals surface area (Å²) in [6.45, 7) is 3.66. The summed E-state index contributed by atoms with van der Waals surface area (Å²) in [4.78, 5) is 0. The molecule has 0 bridgehead atoms. The second kappa shape index (κ2) is 5.75. The number of nitrogens with zero attached hydrogens (tertiary/aromatic N) is 1. The Morgan fingerprint density at radius 3 is 2.33 bits per heavy atom. The lowest BCUT2D eigenvalue weighted by Gasteiger charge is -2.30. The highest BCUT2D eigenvalue weighted by atomic mass is 16.3. The molecule has 2 heteroatoms. The fraction of sp³-hybridized carbons (Fsp3) is 0.625. The van der Waals surface area contributed by atoms with E-state index in [2.05, 4.69) is 35.2 Å². The van der Waals surface area contributed by atoms with E-state index in [4.69, 9.17) is 0 Å². The van der Waals surface area contributed by atoms with E-state index in [0.717, 1.165) is 0 Å². The zero-order chi connectivity index (χ0) is 13.0. The number of hydrogen-bond donors (Lipinski definition) is 1. The molecule has 1 aliphatic rings. The molecule has 1 aromatic heterocycles. The molecule has 0 amide bonds. The summed E-state index contributed by atoms with van der Waals surface area (Å²) < 4.78 is 2.28. The van der Waals surface area contributed by atoms with Gasteiger partial charge in [-0.3, -0.25) is 0 Å². The van der Waals surface area contributed by atoms with Crippen molar-refractivity contribution in [1.82, 2.24) is 4.57 Å². The summed E-state index contributed by atoms with van der Waals surface area (Å²) in [5.41, 5.74) is -0.722. The third kappa shape index (κ3) is 3.74. The normalized spacial score (nSPS) is 20.4. The number of hydrogen-bond acceptors (Lipinski definition) is 1. The van der Waals surface area contributed by atoms with Crippen molar-refractivity contribution >= 4 is 0 Å². The molecule has 1 atom stereocenters. The van der Waals surface area contributed by atoms with Gasteiger partial charge in [0.15, 0.2) is 0 Å². The third-order valence-corrected chi connectivity index (χ3v) is 3.81. The first-order valence-corrected chi connectivity index (χ1v) is 7.10. The van der Waals surface area contributed by atoms with Crippen LogP contribution in [0.1, 0.15) is 52.0 Å². The Balaban J connectivity index is 2.15. The van der Waals surface area contributed by atoms with Crippen molar-refractivity contribution in [3.05, 3.63) is 36.7 Å². The minimum Gasteiger partial charge on any atom is -0.386 e. The van der Waals surface area contributed by atoms with Gasteiger partial charge in [0.2, 0.25) is 0 Å². The molecule has 1 fully saturated rings. The maximum absolute atomic E-state index is 9.87. The van der Waals surface area contributed by atoms with Crippen molar-refractivity contribution in [2.45, 2.75) is 57.6 Å². The van der Waals surface area contributed by atoms with E-state index in [-0.39, 0.29) is 0 Å². The summed E-state index contributed by atoms with van der Waals surface area (Å²) in [6.07, 6.45) is 15.1. The van der Waals surface area contributed by atoms with Gasteiger partial charge >= 0.3 is 0 Å². The van der Waals surface area contributed by atoms with E-state index in [1.165, 1.54) is 32.1 Å². The van der Waals surface area contributed by atoms with Crippen LogP contribution in [0.15, 0.2) is 36.7 Å². The van der Waals surface area contributed by atoms with Crippen LogP contribution in [0.5, 0.6) is 0 Å². The molecule has 1 saturated carbocycles. The van der Waals surface area contributed by atoms with E-state index in [1.807, 2.05) is 19.9 Å². The number of allylic oxidation sites excluding steroid dienone is 1. The lowest BCUT2D eigenvalue weighted by atomic mass is 9.83. The average molecular weight is 247 g/mol. The molecule has 2 nitrogen and oxygen atoms in total. The van der Waals surface area contributed by atoms with Crippen LogP contribution >= 0.6 is 0 Å². The lowest BCUT2D eigenvalue weighted by Crippen LogP contribution is -2.21. The Kier molecular flexibility index (Phi) is 4.28. The predicted octanol–water partition coefficient (Wildman–Crippen LogP) is 3.94. The Morgan fingerprint density at radius 1 is 1.17 bits per heavy atom. The minimum atomic E-state index is -0.722. The summed E-state index contributed by atoms with van der Waals surface area (Å²) in [5.74, 6) is 0.713. The van der Waals surface area contributed by atoms with Crippen LogP contribution in [-0.2, 0) is 0 Å². The maximum Gasteiger partial charge on any atom is 0.0772 e. The molecular formula is C16H25NO. The zero-order valence-corrected chi connectivity index (χ0v) is 11.5. The van der Waals surface area contributed by atoms with Crippen molar-refractivity contribution < 1.29 is 5.11 Å². The molecule has 18 heavy (non-hydrogen) atoms. The summed E-state index contributed by atoms with van der Waals surface area (Å²) >= 11 is 0. The molecule has 0 unspecified atom stereocenters. The topological polar surface area (TPSA) is 25.2 Å². The Hall–Kier alpha value is -1.02. The van der Waals surface area contributed by atoms with Gasteiger partial charge in [0, 0.05) is 12.4 Å². The average Bonchev–Trinajstić information content (AvgIpc) is 2.83. The monoisotopic (exact) mass is 247 g/mol. The molecule has 0 radical (unpaired) electrons. The number of aliphatic hydroxyl groups is 1. The molecule has 0 aromatic carbocycles. The molecule has 0 aliphatic heterocycles. The minimum absolute atomic E-state index is 0.395. The van der Waals surface area contributed by atoms with Gasteiger partial charge in [-0.2, -0.15) is 0 Å². The van der Waals surface area contributed by atoms with Gasteiger partial charge in [-0.05, 0) is 44.7 Å². The van der Waals surface area contributed by atoms with Crippen molar-refractivity contribution in [3.63, 3.8) is 0 Å². The lowest BCUT2D eigenvalue weighted by molar-refractivity contribution is 0.132. The fourth-order valence-electron chi connectivity index (χ4n) is 2.86. The number of rotatable bonds is 4. The Bertz CT molecular complexity index is 366. The largest absolute Gasteiger partial charge is 0.386 e. The van der Waals surface area contributed by atoms with Crippen molar-refractivity contribution in [2.75, 3.05) is 0 Å². The molecule has 1 aromatic rings. The van der Waals surface area contributed by atoms with Crippen LogP contribution < -0.4 is 0 Å². The van der Waals surface area contributed by atoms with Gasteiger partial charge in [-0.1, -0.05) is 31.4 Å². The van der Waals surface area contributed by atoms with Crippen LogP contribution in [-0.4, -0.2) is 15.3 Å².